The molecule has 2 heterocycles. The third-order valence-corrected chi connectivity index (χ3v) is 5.89. The number of hydrogen-bond donors (Lipinski definition) is 1. The van der Waals surface area contributed by atoms with E-state index in [1.54, 1.807) is 24.3 Å². The highest BCUT2D eigenvalue weighted by Gasteiger charge is 2.54. The van der Waals surface area contributed by atoms with Gasteiger partial charge in [-0.3, -0.25) is 0 Å². The lowest BCUT2D eigenvalue weighted by atomic mass is 9.99. The largest absolute Gasteiger partial charge is 0.423 e. The zero-order chi connectivity index (χ0) is 18.2. The summed E-state index contributed by atoms with van der Waals surface area (Å²) >= 11 is 1.92. The normalized spacial score (nSPS) is 14.6. The van der Waals surface area contributed by atoms with Crippen LogP contribution < -0.4 is 5.63 Å². The number of aliphatic hydroxyl groups is 1. The maximum absolute atomic E-state index is 13.1. The van der Waals surface area contributed by atoms with Gasteiger partial charge in [-0.05, 0) is 24.6 Å². The Bertz CT molecular complexity index is 967. The number of rotatable bonds is 4. The van der Waals surface area contributed by atoms with Crippen molar-refractivity contribution in [3.8, 4) is 0 Å². The topological polar surface area (TPSA) is 63.3 Å². The first-order valence-corrected chi connectivity index (χ1v) is 8.83. The van der Waals surface area contributed by atoms with Gasteiger partial charge in [0.15, 0.2) is 9.94 Å². The summed E-state index contributed by atoms with van der Waals surface area (Å²) < 4.78 is 44.8. The molecule has 0 aliphatic rings. The molecule has 0 bridgehead atoms. The minimum Gasteiger partial charge on any atom is -0.423 e. The molecule has 132 valence electrons. The van der Waals surface area contributed by atoms with E-state index in [2.05, 4.69) is 4.98 Å². The summed E-state index contributed by atoms with van der Waals surface area (Å²) in [5, 5.41) is 10.7. The quantitative estimate of drug-likeness (QED) is 0.665. The van der Waals surface area contributed by atoms with Gasteiger partial charge in [0.25, 0.3) is 0 Å². The van der Waals surface area contributed by atoms with Crippen molar-refractivity contribution in [2.45, 2.75) is 34.4 Å². The Balaban J connectivity index is 1.90. The van der Waals surface area contributed by atoms with Crippen LogP contribution in [0, 0.1) is 0 Å². The van der Waals surface area contributed by atoms with Crippen LogP contribution in [0.2, 0.25) is 0 Å². The van der Waals surface area contributed by atoms with Gasteiger partial charge >= 0.3 is 11.8 Å². The molecule has 0 saturated carbocycles. The van der Waals surface area contributed by atoms with Crippen molar-refractivity contribution < 1.29 is 22.7 Å². The highest BCUT2D eigenvalue weighted by Crippen LogP contribution is 2.45. The molecule has 0 radical (unpaired) electrons. The van der Waals surface area contributed by atoms with Crippen LogP contribution in [-0.4, -0.2) is 16.3 Å². The molecule has 0 saturated heterocycles. The van der Waals surface area contributed by atoms with Gasteiger partial charge in [0.2, 0.25) is 0 Å². The Morgan fingerprint density at radius 2 is 2.00 bits per heavy atom. The van der Waals surface area contributed by atoms with Crippen LogP contribution in [0.25, 0.3) is 11.0 Å². The lowest BCUT2D eigenvalue weighted by molar-refractivity contribution is -0.266. The summed E-state index contributed by atoms with van der Waals surface area (Å²) in [4.78, 5) is 15.7. The summed E-state index contributed by atoms with van der Waals surface area (Å²) in [6, 6.07) is 8.06. The number of halogens is 3. The van der Waals surface area contributed by atoms with Crippen LogP contribution in [0.5, 0.6) is 0 Å². The van der Waals surface area contributed by atoms with Gasteiger partial charge in [0.1, 0.15) is 5.58 Å². The van der Waals surface area contributed by atoms with E-state index in [0.29, 0.717) is 14.8 Å². The van der Waals surface area contributed by atoms with Crippen molar-refractivity contribution in [2.75, 3.05) is 0 Å². The Morgan fingerprint density at radius 3 is 2.68 bits per heavy atom. The third kappa shape index (κ3) is 3.44. The molecule has 1 aromatic carbocycles. The molecule has 1 unspecified atom stereocenters. The molecular weight excluding hydrogens is 375 g/mol. The summed E-state index contributed by atoms with van der Waals surface area (Å²) in [5.41, 5.74) is -3.00. The van der Waals surface area contributed by atoms with Crippen molar-refractivity contribution in [1.29, 1.82) is 0 Å². The fraction of sp³-hybridized carbons (Fsp3) is 0.250. The van der Waals surface area contributed by atoms with Gasteiger partial charge in [0.05, 0.1) is 4.88 Å². The summed E-state index contributed by atoms with van der Waals surface area (Å²) in [5.74, 6) is 0. The van der Waals surface area contributed by atoms with Gasteiger partial charge in [-0.25, -0.2) is 9.78 Å². The Hall–Kier alpha value is -1.84. The molecule has 0 aliphatic carbocycles. The van der Waals surface area contributed by atoms with Crippen LogP contribution in [0.15, 0.2) is 55.0 Å². The zero-order valence-electron chi connectivity index (χ0n) is 12.8. The fourth-order valence-corrected chi connectivity index (χ4v) is 4.38. The minimum atomic E-state index is -4.78. The molecule has 0 fully saturated rings. The average molecular weight is 387 g/mol. The maximum atomic E-state index is 13.1. The van der Waals surface area contributed by atoms with Crippen molar-refractivity contribution in [3.63, 3.8) is 0 Å². The molecule has 4 nitrogen and oxygen atoms in total. The molecule has 0 amide bonds. The van der Waals surface area contributed by atoms with E-state index in [4.69, 9.17) is 4.42 Å². The number of alkyl halides is 3. The van der Waals surface area contributed by atoms with Gasteiger partial charge < -0.3 is 9.52 Å². The van der Waals surface area contributed by atoms with Crippen LogP contribution in [0.1, 0.15) is 18.2 Å². The van der Waals surface area contributed by atoms with E-state index in [0.717, 1.165) is 34.7 Å². The first kappa shape index (κ1) is 18.0. The molecule has 3 rings (SSSR count). The van der Waals surface area contributed by atoms with Crippen molar-refractivity contribution in [2.24, 2.45) is 0 Å². The summed E-state index contributed by atoms with van der Waals surface area (Å²) in [6.07, 6.45) is -4.22. The average Bonchev–Trinajstić information content (AvgIpc) is 3.01. The fourth-order valence-electron chi connectivity index (χ4n) is 2.22. The molecule has 0 aliphatic heterocycles. The van der Waals surface area contributed by atoms with E-state index in [9.17, 15) is 23.1 Å². The SMILES string of the molecule is CCC(O)(c1cnc(Sc2ccc3ccc(=O)oc3c2)s1)C(F)(F)F. The summed E-state index contributed by atoms with van der Waals surface area (Å²) in [6.45, 7) is 1.27. The van der Waals surface area contributed by atoms with Gasteiger partial charge in [-0.1, -0.05) is 24.8 Å². The van der Waals surface area contributed by atoms with Crippen LogP contribution in [-0.2, 0) is 5.60 Å². The minimum absolute atomic E-state index is 0.252. The van der Waals surface area contributed by atoms with E-state index < -0.39 is 23.8 Å². The monoisotopic (exact) mass is 387 g/mol. The maximum Gasteiger partial charge on any atom is 0.422 e. The standard InChI is InChI=1S/C16H12F3NO3S2/c1-2-15(22,16(17,18)19)12-8-20-14(25-12)24-10-5-3-9-4-6-13(21)23-11(9)7-10/h3-8,22H,2H2,1H3. The lowest BCUT2D eigenvalue weighted by Gasteiger charge is -2.27. The van der Waals surface area contributed by atoms with Gasteiger partial charge in [-0.2, -0.15) is 13.2 Å². The van der Waals surface area contributed by atoms with E-state index in [1.165, 1.54) is 13.0 Å². The van der Waals surface area contributed by atoms with Crippen molar-refractivity contribution >= 4 is 34.1 Å². The first-order valence-electron chi connectivity index (χ1n) is 7.20. The number of thiazole rings is 1. The van der Waals surface area contributed by atoms with Crippen molar-refractivity contribution in [1.82, 2.24) is 4.98 Å². The Morgan fingerprint density at radius 1 is 1.28 bits per heavy atom. The Kier molecular flexibility index (Phi) is 4.65. The Labute approximate surface area is 148 Å². The lowest BCUT2D eigenvalue weighted by Crippen LogP contribution is -2.40. The highest BCUT2D eigenvalue weighted by molar-refractivity contribution is 8.01. The van der Waals surface area contributed by atoms with Crippen molar-refractivity contribution in [3.05, 3.63) is 51.8 Å². The van der Waals surface area contributed by atoms with E-state index in [1.807, 2.05) is 0 Å². The molecule has 2 aromatic heterocycles. The molecule has 9 heteroatoms. The molecular formula is C16H12F3NO3S2. The molecule has 25 heavy (non-hydrogen) atoms. The first-order chi connectivity index (χ1) is 11.7. The number of hydrogen-bond acceptors (Lipinski definition) is 6. The number of fused-ring (bicyclic) bond motifs is 1. The van der Waals surface area contributed by atoms with Crippen LogP contribution >= 0.6 is 23.1 Å². The number of aromatic nitrogens is 1. The second-order valence-electron chi connectivity index (χ2n) is 5.26. The molecule has 1 atom stereocenters. The van der Waals surface area contributed by atoms with Gasteiger partial charge in [-0.15, -0.1) is 11.3 Å². The summed E-state index contributed by atoms with van der Waals surface area (Å²) in [7, 11) is 0. The molecule has 3 aromatic rings. The predicted molar refractivity (Wildman–Crippen MR) is 89.0 cm³/mol. The zero-order valence-corrected chi connectivity index (χ0v) is 14.5. The van der Waals surface area contributed by atoms with Gasteiger partial charge in [0, 0.05) is 22.5 Å². The van der Waals surface area contributed by atoms with E-state index in [-0.39, 0.29) is 4.88 Å². The number of benzene rings is 1. The number of nitrogens with zero attached hydrogens (tertiary/aromatic N) is 1. The smallest absolute Gasteiger partial charge is 0.422 e. The van der Waals surface area contributed by atoms with E-state index >= 15 is 0 Å². The van der Waals surface area contributed by atoms with Crippen LogP contribution in [0.3, 0.4) is 0 Å². The second-order valence-corrected chi connectivity index (χ2v) is 7.61. The molecule has 1 N–H and O–H groups in total. The third-order valence-electron chi connectivity index (χ3n) is 3.67. The predicted octanol–water partition coefficient (Wildman–Crippen LogP) is 4.56. The van der Waals surface area contributed by atoms with Crippen LogP contribution in [0.4, 0.5) is 13.2 Å². The highest BCUT2D eigenvalue weighted by atomic mass is 32.2. The second kappa shape index (κ2) is 6.47. The molecule has 0 spiro atoms.